The zero-order valence-corrected chi connectivity index (χ0v) is 29.8. The second-order valence-electron chi connectivity index (χ2n) is 14.2. The third-order valence-corrected chi connectivity index (χ3v) is 9.81. The molecule has 1 amide bonds. The highest BCUT2D eigenvalue weighted by molar-refractivity contribution is 5.70. The lowest BCUT2D eigenvalue weighted by molar-refractivity contribution is -0.152. The number of rotatable bonds is 11. The molecule has 3 aliphatic rings. The number of aliphatic hydroxyl groups excluding tert-OH is 2. The van der Waals surface area contributed by atoms with E-state index in [1.807, 2.05) is 66.8 Å². The smallest absolute Gasteiger partial charge is 0.410 e. The highest BCUT2D eigenvalue weighted by Gasteiger charge is 2.47. The van der Waals surface area contributed by atoms with E-state index in [-0.39, 0.29) is 36.9 Å². The first-order chi connectivity index (χ1) is 22.1. The fourth-order valence-electron chi connectivity index (χ4n) is 6.45. The van der Waals surface area contributed by atoms with Gasteiger partial charge in [-0.2, -0.15) is 0 Å². The van der Waals surface area contributed by atoms with Crippen LogP contribution in [0.4, 0.5) is 4.79 Å². The Morgan fingerprint density at radius 2 is 1.91 bits per heavy atom. The average molecular weight is 665 g/mol. The molecule has 3 heterocycles. The second kappa shape index (κ2) is 17.4. The third-order valence-electron chi connectivity index (χ3n) is 9.81. The Kier molecular flexibility index (Phi) is 14.5. The molecule has 3 aliphatic heterocycles. The van der Waals surface area contributed by atoms with E-state index in [1.165, 1.54) is 0 Å². The van der Waals surface area contributed by atoms with Crippen molar-refractivity contribution in [3.8, 4) is 0 Å². The van der Waals surface area contributed by atoms with E-state index in [2.05, 4.69) is 4.90 Å². The molecule has 0 saturated carbocycles. The van der Waals surface area contributed by atoms with Gasteiger partial charge in [0.2, 0.25) is 0 Å². The van der Waals surface area contributed by atoms with Crippen LogP contribution in [0.3, 0.4) is 0 Å². The molecule has 0 aromatic carbocycles. The fourth-order valence-corrected chi connectivity index (χ4v) is 6.45. The van der Waals surface area contributed by atoms with Crippen molar-refractivity contribution in [1.29, 1.82) is 0 Å². The van der Waals surface area contributed by atoms with Crippen LogP contribution in [0.15, 0.2) is 36.0 Å². The number of allylic oxidation sites excluding steroid dienone is 2. The summed E-state index contributed by atoms with van der Waals surface area (Å²) >= 11 is 0. The number of carbonyl (C=O) groups excluding carboxylic acids is 2. The lowest BCUT2D eigenvalue weighted by Crippen LogP contribution is -2.51. The summed E-state index contributed by atoms with van der Waals surface area (Å²) in [6.07, 6.45) is 7.06. The first-order valence-corrected chi connectivity index (χ1v) is 17.3. The normalized spacial score (nSPS) is 34.8. The van der Waals surface area contributed by atoms with Gasteiger partial charge in [0, 0.05) is 51.0 Å². The first-order valence-electron chi connectivity index (χ1n) is 17.3. The van der Waals surface area contributed by atoms with E-state index in [0.29, 0.717) is 39.0 Å². The van der Waals surface area contributed by atoms with E-state index >= 15 is 0 Å². The Bertz CT molecular complexity index is 1120. The maximum Gasteiger partial charge on any atom is 0.410 e. The molecular weight excluding hydrogens is 604 g/mol. The number of amides is 1. The number of piperazine rings is 1. The van der Waals surface area contributed by atoms with Crippen LogP contribution in [-0.4, -0.2) is 125 Å². The molecule has 3 rings (SSSR count). The summed E-state index contributed by atoms with van der Waals surface area (Å²) in [6, 6.07) is 0. The Morgan fingerprint density at radius 3 is 2.55 bits per heavy atom. The van der Waals surface area contributed by atoms with Crippen LogP contribution in [0.5, 0.6) is 0 Å². The molecule has 2 saturated heterocycles. The fraction of sp³-hybridized carbons (Fsp3) is 0.778. The molecule has 2 fully saturated rings. The quantitative estimate of drug-likeness (QED) is 0.128. The molecular formula is C36H60N2O9. The molecule has 11 heteroatoms. The molecule has 0 bridgehead atoms. The number of carbonyl (C=O) groups is 2. The van der Waals surface area contributed by atoms with Crippen molar-refractivity contribution in [2.45, 2.75) is 128 Å². The minimum Gasteiger partial charge on any atom is -0.457 e. The summed E-state index contributed by atoms with van der Waals surface area (Å²) in [5, 5.41) is 32.0. The lowest BCUT2D eigenvalue weighted by atomic mass is 9.88. The highest BCUT2D eigenvalue weighted by Crippen LogP contribution is 2.37. The van der Waals surface area contributed by atoms with Crippen LogP contribution < -0.4 is 0 Å². The number of hydrogen-bond acceptors (Lipinski definition) is 10. The summed E-state index contributed by atoms with van der Waals surface area (Å²) in [4.78, 5) is 30.1. The molecule has 0 radical (unpaired) electrons. The van der Waals surface area contributed by atoms with Gasteiger partial charge in [0.15, 0.2) is 6.10 Å². The maximum atomic E-state index is 13.3. The molecule has 0 spiro atoms. The first kappa shape index (κ1) is 39.2. The van der Waals surface area contributed by atoms with E-state index in [4.69, 9.17) is 18.9 Å². The van der Waals surface area contributed by atoms with Gasteiger partial charge in [-0.05, 0) is 65.7 Å². The van der Waals surface area contributed by atoms with Crippen molar-refractivity contribution in [2.75, 3.05) is 39.8 Å². The van der Waals surface area contributed by atoms with Crippen LogP contribution in [-0.2, 0) is 23.7 Å². The molecule has 11 nitrogen and oxygen atoms in total. The van der Waals surface area contributed by atoms with Crippen molar-refractivity contribution in [3.63, 3.8) is 0 Å². The van der Waals surface area contributed by atoms with Gasteiger partial charge in [-0.25, -0.2) is 4.79 Å². The van der Waals surface area contributed by atoms with Gasteiger partial charge >= 0.3 is 12.1 Å². The third kappa shape index (κ3) is 11.7. The standard InChI is InChI=1S/C36H60N2O9/c1-9-28(40)26(5)33-29(45-33)23-35(6,43)16-11-12-24(3)32-25(4)13-14-30(46-34(42)38-20-18-37(8)19-21-38)36(7,44-10-2)17-15-27(39)22-31(41)47-32/h11-14,16,25-30,32-33,39-40,43H,9-10,15,17-23H2,1-8H3/b14-13-,16-11+,24-12+/t25-,26+,27+,28-,29+,30-,32+,33+,35-,36+/m0/s1. The predicted molar refractivity (Wildman–Crippen MR) is 180 cm³/mol. The van der Waals surface area contributed by atoms with E-state index in [0.717, 1.165) is 18.7 Å². The van der Waals surface area contributed by atoms with Crippen LogP contribution in [0.1, 0.15) is 80.6 Å². The summed E-state index contributed by atoms with van der Waals surface area (Å²) in [5.74, 6) is -0.830. The summed E-state index contributed by atoms with van der Waals surface area (Å²) in [5.41, 5.74) is -1.33. The summed E-state index contributed by atoms with van der Waals surface area (Å²) in [7, 11) is 2.02. The number of epoxide rings is 1. The van der Waals surface area contributed by atoms with Gasteiger partial charge in [0.25, 0.3) is 0 Å². The van der Waals surface area contributed by atoms with Crippen molar-refractivity contribution >= 4 is 12.1 Å². The van der Waals surface area contributed by atoms with Crippen LogP contribution >= 0.6 is 0 Å². The molecule has 0 unspecified atom stereocenters. The Labute approximate surface area is 281 Å². The van der Waals surface area contributed by atoms with Crippen LogP contribution in [0.25, 0.3) is 0 Å². The van der Waals surface area contributed by atoms with E-state index < -0.39 is 47.7 Å². The molecule has 0 aliphatic carbocycles. The molecule has 0 aromatic rings. The maximum absolute atomic E-state index is 13.3. The second-order valence-corrected chi connectivity index (χ2v) is 14.2. The average Bonchev–Trinajstić information content (AvgIpc) is 3.77. The summed E-state index contributed by atoms with van der Waals surface area (Å²) in [6.45, 7) is 16.2. The van der Waals surface area contributed by atoms with Crippen LogP contribution in [0, 0.1) is 11.8 Å². The van der Waals surface area contributed by atoms with Gasteiger partial charge in [0.05, 0.1) is 36.4 Å². The molecule has 3 N–H and O–H groups in total. The topological polar surface area (TPSA) is 142 Å². The number of hydrogen-bond donors (Lipinski definition) is 3. The summed E-state index contributed by atoms with van der Waals surface area (Å²) < 4.78 is 24.0. The van der Waals surface area contributed by atoms with Gasteiger partial charge in [-0.3, -0.25) is 4.79 Å². The zero-order chi connectivity index (χ0) is 34.9. The van der Waals surface area contributed by atoms with Gasteiger partial charge in [0.1, 0.15) is 11.7 Å². The lowest BCUT2D eigenvalue weighted by Gasteiger charge is -2.38. The number of likely N-dealkylation sites (N-methyl/N-ethyl adjacent to an activating group) is 1. The minimum atomic E-state index is -1.14. The van der Waals surface area contributed by atoms with Crippen molar-refractivity contribution in [2.24, 2.45) is 11.8 Å². The number of ether oxygens (including phenoxy) is 4. The highest BCUT2D eigenvalue weighted by atomic mass is 16.6. The SMILES string of the molecule is CCO[C@]1(C)CC[C@@H](O)CC(=O)O[C@H](/C(C)=C/C=C/[C@](C)(O)C[C@H]2O[C@@H]2[C@H](C)[C@@H](O)CC)[C@@H](C)/C=C\[C@@H]1OC(=O)N1CCN(C)CC1. The largest absolute Gasteiger partial charge is 0.457 e. The predicted octanol–water partition coefficient (Wildman–Crippen LogP) is 4.00. The number of nitrogens with zero attached hydrogens (tertiary/aromatic N) is 2. The minimum absolute atomic E-state index is 0.00271. The molecule has 10 atom stereocenters. The van der Waals surface area contributed by atoms with Crippen molar-refractivity contribution in [1.82, 2.24) is 9.80 Å². The molecule has 47 heavy (non-hydrogen) atoms. The Morgan fingerprint density at radius 1 is 1.23 bits per heavy atom. The number of esters is 1. The van der Waals surface area contributed by atoms with Gasteiger partial charge in [-0.15, -0.1) is 0 Å². The molecule has 268 valence electrons. The Balaban J connectivity index is 1.79. The number of cyclic esters (lactones) is 1. The van der Waals surface area contributed by atoms with E-state index in [9.17, 15) is 24.9 Å². The van der Waals surface area contributed by atoms with Crippen molar-refractivity contribution in [3.05, 3.63) is 36.0 Å². The molecule has 0 aromatic heterocycles. The number of aliphatic hydroxyl groups is 3. The van der Waals surface area contributed by atoms with Crippen molar-refractivity contribution < 1.29 is 43.9 Å². The van der Waals surface area contributed by atoms with Gasteiger partial charge in [-0.1, -0.05) is 45.1 Å². The van der Waals surface area contributed by atoms with Crippen LogP contribution in [0.2, 0.25) is 0 Å². The van der Waals surface area contributed by atoms with Gasteiger partial charge < -0.3 is 44.1 Å². The Hall–Kier alpha value is -2.28. The monoisotopic (exact) mass is 664 g/mol. The van der Waals surface area contributed by atoms with E-state index in [1.54, 1.807) is 24.0 Å². The zero-order valence-electron chi connectivity index (χ0n) is 29.8.